The molecule has 92 heavy (non-hydrogen) atoms. The number of aliphatic carboxylic acids is 3. The standard InChI is InChI=1S/C55H97N17O20/c1-27(2)43(71-40(76)26-62-49(85)35(16-19-38(60)74)68-48(84)32(59)13-7-10-22-56)53(89)65-30(5)47(83)67-36(17-20-41(77)78)50(86)64-29(4)46(82)63-28(3)45(81)61-25-39(75)66-33(14-8-11-23-57)52(88)72-44(31(6)73)54(90)69-34(15-9-12-24-58)51(87)70-37(55(91)92)18-21-42(79)80/h27-37,43-44,73H,7-26,56-59H2,1-6H3,(H2,60,74)(H,61,81)(H,62,85)(H,63,82)(H,64,86)(H,65,89)(H,66,75)(H,67,83)(H,68,84)(H,69,90)(H,70,87)(H,71,76)(H,72,88)(H,77,78)(H,79,80)(H,91,92)/t28-,29-,30-,31+,32-,33-,34-,35-,36-,37-,43-,44-/m0/s1. The number of carboxylic acid groups (broad SMARTS) is 3. The fourth-order valence-electron chi connectivity index (χ4n) is 8.32. The lowest BCUT2D eigenvalue weighted by Crippen LogP contribution is -2.60. The van der Waals surface area contributed by atoms with Crippen LogP contribution in [0.25, 0.3) is 0 Å². The van der Waals surface area contributed by atoms with E-state index in [-0.39, 0.29) is 58.0 Å². The molecule has 0 saturated heterocycles. The second-order valence-electron chi connectivity index (χ2n) is 22.2. The molecule has 0 aliphatic rings. The van der Waals surface area contributed by atoms with Crippen molar-refractivity contribution in [3.8, 4) is 0 Å². The first-order valence-corrected chi connectivity index (χ1v) is 30.2. The van der Waals surface area contributed by atoms with Crippen molar-refractivity contribution in [2.75, 3.05) is 32.7 Å². The summed E-state index contributed by atoms with van der Waals surface area (Å²) in [6.07, 6.45) is -1.95. The van der Waals surface area contributed by atoms with Gasteiger partial charge in [-0.3, -0.25) is 71.9 Å². The fourth-order valence-corrected chi connectivity index (χ4v) is 8.32. The topological polar surface area (TPSA) is 628 Å². The molecule has 37 nitrogen and oxygen atoms in total. The summed E-state index contributed by atoms with van der Waals surface area (Å²) in [5, 5.41) is 66.7. The van der Waals surface area contributed by atoms with E-state index < -0.39 is 212 Å². The molecule has 522 valence electrons. The molecule has 13 amide bonds. The number of amides is 13. The minimum absolute atomic E-state index is 0.0735. The van der Waals surface area contributed by atoms with Gasteiger partial charge in [0.25, 0.3) is 0 Å². The van der Waals surface area contributed by atoms with Gasteiger partial charge in [-0.15, -0.1) is 0 Å². The molecule has 0 aromatic rings. The first-order chi connectivity index (χ1) is 43.1. The monoisotopic (exact) mass is 1320 g/mol. The lowest BCUT2D eigenvalue weighted by atomic mass is 10.0. The number of primary amides is 1. The van der Waals surface area contributed by atoms with E-state index in [1.54, 1.807) is 13.8 Å². The molecular formula is C55H97N17O20. The largest absolute Gasteiger partial charge is 0.481 e. The van der Waals surface area contributed by atoms with Gasteiger partial charge in [-0.2, -0.15) is 0 Å². The highest BCUT2D eigenvalue weighted by molar-refractivity contribution is 5.99. The summed E-state index contributed by atoms with van der Waals surface area (Å²) in [6.45, 7) is 7.09. The van der Waals surface area contributed by atoms with Crippen LogP contribution in [0.1, 0.15) is 138 Å². The van der Waals surface area contributed by atoms with E-state index in [1.807, 2.05) is 0 Å². The summed E-state index contributed by atoms with van der Waals surface area (Å²) in [5.41, 5.74) is 27.9. The summed E-state index contributed by atoms with van der Waals surface area (Å²) in [5.74, 6) is -17.0. The number of carbonyl (C=O) groups is 16. The van der Waals surface area contributed by atoms with Crippen LogP contribution in [-0.2, 0) is 76.7 Å². The molecule has 0 unspecified atom stereocenters. The molecule has 0 radical (unpaired) electrons. The Bertz CT molecular complexity index is 2520. The zero-order chi connectivity index (χ0) is 70.4. The van der Waals surface area contributed by atoms with Crippen molar-refractivity contribution in [2.45, 2.75) is 210 Å². The molecule has 0 spiro atoms. The van der Waals surface area contributed by atoms with Crippen LogP contribution in [0.5, 0.6) is 0 Å². The number of carbonyl (C=O) groups excluding carboxylic acids is 13. The van der Waals surface area contributed by atoms with Crippen molar-refractivity contribution in [3.63, 3.8) is 0 Å². The Labute approximate surface area is 532 Å². The number of nitrogens with one attached hydrogen (secondary N) is 12. The predicted octanol–water partition coefficient (Wildman–Crippen LogP) is -8.04. The van der Waals surface area contributed by atoms with E-state index >= 15 is 0 Å². The van der Waals surface area contributed by atoms with Crippen LogP contribution in [0.2, 0.25) is 0 Å². The Kier molecular flexibility index (Phi) is 40.5. The first kappa shape index (κ1) is 83.3. The van der Waals surface area contributed by atoms with Gasteiger partial charge in [-0.05, 0) is 124 Å². The Morgan fingerprint density at radius 2 is 0.717 bits per heavy atom. The second-order valence-corrected chi connectivity index (χ2v) is 22.2. The van der Waals surface area contributed by atoms with E-state index in [9.17, 15) is 92.0 Å². The Hall–Kier alpha value is -8.68. The molecule has 0 aromatic carbocycles. The molecule has 0 aliphatic carbocycles. The normalized spacial score (nSPS) is 14.9. The smallest absolute Gasteiger partial charge is 0.326 e. The first-order valence-electron chi connectivity index (χ1n) is 30.2. The van der Waals surface area contributed by atoms with Crippen molar-refractivity contribution in [3.05, 3.63) is 0 Å². The molecule has 0 rings (SSSR count). The molecule has 37 heteroatoms. The minimum atomic E-state index is -1.76. The summed E-state index contributed by atoms with van der Waals surface area (Å²) in [4.78, 5) is 205. The molecule has 0 saturated carbocycles. The lowest BCUT2D eigenvalue weighted by molar-refractivity contribution is -0.144. The van der Waals surface area contributed by atoms with Crippen molar-refractivity contribution in [2.24, 2.45) is 34.6 Å². The maximum absolute atomic E-state index is 13.7. The van der Waals surface area contributed by atoms with Gasteiger partial charge < -0.3 is 113 Å². The number of rotatable bonds is 48. The highest BCUT2D eigenvalue weighted by Crippen LogP contribution is 2.10. The summed E-state index contributed by atoms with van der Waals surface area (Å²) >= 11 is 0. The molecule has 0 aliphatic heterocycles. The number of carboxylic acids is 3. The van der Waals surface area contributed by atoms with Crippen LogP contribution in [0.3, 0.4) is 0 Å². The maximum Gasteiger partial charge on any atom is 0.326 e. The van der Waals surface area contributed by atoms with E-state index in [0.29, 0.717) is 32.2 Å². The number of aliphatic hydroxyl groups excluding tert-OH is 1. The minimum Gasteiger partial charge on any atom is -0.481 e. The highest BCUT2D eigenvalue weighted by Gasteiger charge is 2.35. The number of unbranched alkanes of at least 4 members (excludes halogenated alkanes) is 3. The van der Waals surface area contributed by atoms with Crippen molar-refractivity contribution in [1.29, 1.82) is 0 Å². The quantitative estimate of drug-likeness (QED) is 0.0252. The van der Waals surface area contributed by atoms with Gasteiger partial charge in [0.2, 0.25) is 76.8 Å². The van der Waals surface area contributed by atoms with Crippen LogP contribution in [-0.4, -0.2) is 220 Å². The fraction of sp³-hybridized carbons (Fsp3) is 0.709. The van der Waals surface area contributed by atoms with Gasteiger partial charge in [-0.25, -0.2) is 4.79 Å². The van der Waals surface area contributed by atoms with Crippen molar-refractivity contribution < 1.29 is 97.1 Å². The summed E-state index contributed by atoms with van der Waals surface area (Å²) in [6, 6.07) is -15.8. The Balaban J connectivity index is 5.87. The number of hydrogen-bond donors (Lipinski definition) is 21. The highest BCUT2D eigenvalue weighted by atomic mass is 16.4. The van der Waals surface area contributed by atoms with E-state index in [2.05, 4.69) is 63.8 Å². The summed E-state index contributed by atoms with van der Waals surface area (Å²) in [7, 11) is 0. The molecule has 0 fully saturated rings. The Morgan fingerprint density at radius 3 is 1.21 bits per heavy atom. The summed E-state index contributed by atoms with van der Waals surface area (Å²) < 4.78 is 0. The van der Waals surface area contributed by atoms with Crippen LogP contribution < -0.4 is 92.5 Å². The number of hydrogen-bond acceptors (Lipinski definition) is 21. The molecule has 26 N–H and O–H groups in total. The predicted molar refractivity (Wildman–Crippen MR) is 325 cm³/mol. The molecule has 12 atom stereocenters. The van der Waals surface area contributed by atoms with Gasteiger partial charge in [0.05, 0.1) is 25.2 Å². The average molecular weight is 1320 g/mol. The van der Waals surface area contributed by atoms with Crippen molar-refractivity contribution >= 4 is 94.7 Å². The molecule has 0 bridgehead atoms. The molecule has 0 aromatic heterocycles. The second kappa shape index (κ2) is 44.7. The molecular weight excluding hydrogens is 1220 g/mol. The average Bonchev–Trinajstić information content (AvgIpc) is 0.987. The lowest BCUT2D eigenvalue weighted by Gasteiger charge is -2.27. The Morgan fingerprint density at radius 1 is 0.359 bits per heavy atom. The zero-order valence-corrected chi connectivity index (χ0v) is 52.9. The third kappa shape index (κ3) is 34.5. The van der Waals surface area contributed by atoms with E-state index in [1.165, 1.54) is 20.8 Å². The van der Waals surface area contributed by atoms with Crippen LogP contribution in [0.4, 0.5) is 0 Å². The SMILES string of the molecule is CC(C)[C@H](NC(=O)CNC(=O)[C@H](CCC(N)=O)NC(=O)[C@@H](N)CCCCN)C(=O)N[C@@H](C)C(=O)N[C@@H](CCC(=O)O)C(=O)N[C@@H](C)C(=O)N[C@@H](C)C(=O)NCC(=O)N[C@@H](CCCCN)C(=O)N[C@H](C(=O)N[C@@H](CCCCN)C(=O)N[C@@H](CCC(=O)O)C(=O)O)[C@@H](C)O. The van der Waals surface area contributed by atoms with Crippen molar-refractivity contribution in [1.82, 2.24) is 63.8 Å². The third-order valence-electron chi connectivity index (χ3n) is 13.8. The van der Waals surface area contributed by atoms with Gasteiger partial charge in [0.1, 0.15) is 60.4 Å². The maximum atomic E-state index is 13.7. The third-order valence-corrected chi connectivity index (χ3v) is 13.8. The van der Waals surface area contributed by atoms with Crippen LogP contribution >= 0.6 is 0 Å². The molecule has 0 heterocycles. The number of aliphatic hydroxyl groups is 1. The number of nitrogens with two attached hydrogens (primary N) is 5. The zero-order valence-electron chi connectivity index (χ0n) is 52.9. The van der Waals surface area contributed by atoms with Gasteiger partial charge in [0, 0.05) is 19.3 Å². The van der Waals surface area contributed by atoms with E-state index in [4.69, 9.17) is 33.8 Å². The van der Waals surface area contributed by atoms with Crippen LogP contribution in [0.15, 0.2) is 0 Å². The van der Waals surface area contributed by atoms with Gasteiger partial charge in [0.15, 0.2) is 0 Å². The van der Waals surface area contributed by atoms with Crippen LogP contribution in [0, 0.1) is 5.92 Å². The van der Waals surface area contributed by atoms with E-state index in [0.717, 1.165) is 6.92 Å². The van der Waals surface area contributed by atoms with Gasteiger partial charge in [-0.1, -0.05) is 20.3 Å². The van der Waals surface area contributed by atoms with Gasteiger partial charge >= 0.3 is 17.9 Å².